The lowest BCUT2D eigenvalue weighted by Crippen LogP contribution is -2.24. The molecule has 2 nitrogen and oxygen atoms in total. The summed E-state index contributed by atoms with van der Waals surface area (Å²) in [7, 11) is 0. The van der Waals surface area contributed by atoms with Crippen molar-refractivity contribution in [3.8, 4) is 12.3 Å². The molecule has 0 saturated heterocycles. The van der Waals surface area contributed by atoms with E-state index in [9.17, 15) is 4.79 Å². The minimum Gasteiger partial charge on any atom is -0.352 e. The maximum absolute atomic E-state index is 11.7. The second-order valence-corrected chi connectivity index (χ2v) is 3.94. The third-order valence-corrected chi connectivity index (χ3v) is 2.27. The van der Waals surface area contributed by atoms with Crippen molar-refractivity contribution in [1.29, 1.82) is 0 Å². The van der Waals surface area contributed by atoms with E-state index in [0.29, 0.717) is 13.0 Å². The Morgan fingerprint density at radius 2 is 1.94 bits per heavy atom. The quantitative estimate of drug-likeness (QED) is 0.606. The second-order valence-electron chi connectivity index (χ2n) is 3.94. The molecule has 1 aromatic rings. The average Bonchev–Trinajstić information content (AvgIpc) is 2.22. The molecule has 0 bridgehead atoms. The van der Waals surface area contributed by atoms with Crippen molar-refractivity contribution in [2.45, 2.75) is 26.7 Å². The Morgan fingerprint density at radius 1 is 1.31 bits per heavy atom. The molecule has 0 fully saturated rings. The van der Waals surface area contributed by atoms with Gasteiger partial charge < -0.3 is 5.32 Å². The maximum atomic E-state index is 11.7. The van der Waals surface area contributed by atoms with Crippen LogP contribution in [0.25, 0.3) is 0 Å². The molecule has 2 heteroatoms. The molecular formula is C14H17NO. The van der Waals surface area contributed by atoms with E-state index in [1.165, 1.54) is 0 Å². The van der Waals surface area contributed by atoms with Crippen LogP contribution in [0.5, 0.6) is 0 Å². The van der Waals surface area contributed by atoms with Crippen molar-refractivity contribution in [2.75, 3.05) is 6.54 Å². The highest BCUT2D eigenvalue weighted by atomic mass is 16.1. The van der Waals surface area contributed by atoms with Gasteiger partial charge in [-0.15, -0.1) is 12.3 Å². The molecule has 16 heavy (non-hydrogen) atoms. The first-order chi connectivity index (χ1) is 7.63. The second kappa shape index (κ2) is 5.97. The summed E-state index contributed by atoms with van der Waals surface area (Å²) in [6.45, 7) is 4.61. The number of amides is 1. The summed E-state index contributed by atoms with van der Waals surface area (Å²) in [5.41, 5.74) is 2.93. The van der Waals surface area contributed by atoms with Crippen LogP contribution in [0.4, 0.5) is 0 Å². The molecule has 84 valence electrons. The topological polar surface area (TPSA) is 29.1 Å². The lowest BCUT2D eigenvalue weighted by molar-refractivity contribution is 0.0953. The van der Waals surface area contributed by atoms with Crippen molar-refractivity contribution in [3.05, 3.63) is 34.9 Å². The first-order valence-corrected chi connectivity index (χ1v) is 5.43. The van der Waals surface area contributed by atoms with Crippen LogP contribution < -0.4 is 5.32 Å². The Bertz CT molecular complexity index is 395. The molecule has 0 unspecified atom stereocenters. The molecule has 0 saturated carbocycles. The molecule has 1 amide bonds. The summed E-state index contributed by atoms with van der Waals surface area (Å²) < 4.78 is 0. The van der Waals surface area contributed by atoms with Gasteiger partial charge in [-0.3, -0.25) is 4.79 Å². The minimum atomic E-state index is -0.0242. The number of nitrogens with one attached hydrogen (secondary N) is 1. The van der Waals surface area contributed by atoms with E-state index in [1.807, 2.05) is 26.0 Å². The largest absolute Gasteiger partial charge is 0.352 e. The van der Waals surface area contributed by atoms with Gasteiger partial charge in [-0.2, -0.15) is 0 Å². The third-order valence-electron chi connectivity index (χ3n) is 2.27. The molecule has 0 aromatic heterocycles. The summed E-state index contributed by atoms with van der Waals surface area (Å²) in [5, 5.41) is 2.85. The highest BCUT2D eigenvalue weighted by Gasteiger charge is 2.05. The number of hydrogen-bond acceptors (Lipinski definition) is 1. The number of rotatable bonds is 4. The molecule has 1 N–H and O–H groups in total. The van der Waals surface area contributed by atoms with Crippen LogP contribution in [0.2, 0.25) is 0 Å². The normalized spacial score (nSPS) is 9.56. The van der Waals surface area contributed by atoms with Crippen LogP contribution in [0, 0.1) is 26.2 Å². The van der Waals surface area contributed by atoms with Crippen molar-refractivity contribution in [1.82, 2.24) is 5.32 Å². The van der Waals surface area contributed by atoms with Gasteiger partial charge in [-0.25, -0.2) is 0 Å². The van der Waals surface area contributed by atoms with Gasteiger partial charge >= 0.3 is 0 Å². The van der Waals surface area contributed by atoms with Gasteiger partial charge in [-0.1, -0.05) is 17.2 Å². The van der Waals surface area contributed by atoms with E-state index in [4.69, 9.17) is 6.42 Å². The van der Waals surface area contributed by atoms with Crippen LogP contribution in [0.1, 0.15) is 34.3 Å². The van der Waals surface area contributed by atoms with Crippen LogP contribution >= 0.6 is 0 Å². The van der Waals surface area contributed by atoms with Gasteiger partial charge in [0.05, 0.1) is 0 Å². The molecule has 0 spiro atoms. The van der Waals surface area contributed by atoms with E-state index in [0.717, 1.165) is 23.1 Å². The first-order valence-electron chi connectivity index (χ1n) is 5.43. The maximum Gasteiger partial charge on any atom is 0.251 e. The summed E-state index contributed by atoms with van der Waals surface area (Å²) in [6.07, 6.45) is 6.66. The Labute approximate surface area is 97.1 Å². The Morgan fingerprint density at radius 3 is 2.50 bits per heavy atom. The van der Waals surface area contributed by atoms with Crippen LogP contribution in [-0.2, 0) is 0 Å². The van der Waals surface area contributed by atoms with Crippen molar-refractivity contribution >= 4 is 5.91 Å². The van der Waals surface area contributed by atoms with Gasteiger partial charge in [0, 0.05) is 18.5 Å². The van der Waals surface area contributed by atoms with E-state index >= 15 is 0 Å². The number of aryl methyl sites for hydroxylation is 2. The molecular weight excluding hydrogens is 198 g/mol. The third kappa shape index (κ3) is 3.78. The van der Waals surface area contributed by atoms with Crippen molar-refractivity contribution in [3.63, 3.8) is 0 Å². The molecule has 0 aliphatic heterocycles. The fourth-order valence-corrected chi connectivity index (χ4v) is 1.60. The Hall–Kier alpha value is -1.75. The van der Waals surface area contributed by atoms with Gasteiger partial charge in [0.15, 0.2) is 0 Å². The average molecular weight is 215 g/mol. The summed E-state index contributed by atoms with van der Waals surface area (Å²) >= 11 is 0. The van der Waals surface area contributed by atoms with Gasteiger partial charge in [0.2, 0.25) is 0 Å². The molecule has 1 aromatic carbocycles. The fourth-order valence-electron chi connectivity index (χ4n) is 1.60. The monoisotopic (exact) mass is 215 g/mol. The molecule has 0 aliphatic rings. The highest BCUT2D eigenvalue weighted by Crippen LogP contribution is 2.08. The zero-order valence-electron chi connectivity index (χ0n) is 9.84. The molecule has 0 radical (unpaired) electrons. The number of terminal acetylenes is 1. The molecule has 0 atom stereocenters. The van der Waals surface area contributed by atoms with Gasteiger partial charge in [0.25, 0.3) is 5.91 Å². The SMILES string of the molecule is C#CCCCNC(=O)c1cc(C)cc(C)c1. The number of hydrogen-bond donors (Lipinski definition) is 1. The minimum absolute atomic E-state index is 0.0242. The predicted molar refractivity (Wildman–Crippen MR) is 66.3 cm³/mol. The fraction of sp³-hybridized carbons (Fsp3) is 0.357. The zero-order valence-corrected chi connectivity index (χ0v) is 9.84. The lowest BCUT2D eigenvalue weighted by atomic mass is 10.1. The van der Waals surface area contributed by atoms with E-state index < -0.39 is 0 Å². The Balaban J connectivity index is 2.56. The molecule has 0 heterocycles. The summed E-state index contributed by atoms with van der Waals surface area (Å²) in [6, 6.07) is 5.84. The van der Waals surface area contributed by atoms with Crippen molar-refractivity contribution in [2.24, 2.45) is 0 Å². The lowest BCUT2D eigenvalue weighted by Gasteiger charge is -2.06. The zero-order chi connectivity index (χ0) is 12.0. The predicted octanol–water partition coefficient (Wildman–Crippen LogP) is 2.45. The summed E-state index contributed by atoms with van der Waals surface area (Å²) in [4.78, 5) is 11.7. The number of carbonyl (C=O) groups excluding carboxylic acids is 1. The van der Waals surface area contributed by atoms with E-state index in [-0.39, 0.29) is 5.91 Å². The Kier molecular flexibility index (Phi) is 4.60. The van der Waals surface area contributed by atoms with Gasteiger partial charge in [-0.05, 0) is 32.4 Å². The molecule has 1 rings (SSSR count). The van der Waals surface area contributed by atoms with E-state index in [2.05, 4.69) is 17.3 Å². The smallest absolute Gasteiger partial charge is 0.251 e. The number of unbranched alkanes of at least 4 members (excludes halogenated alkanes) is 1. The number of carbonyl (C=O) groups is 1. The standard InChI is InChI=1S/C14H17NO/c1-4-5-6-7-15-14(16)13-9-11(2)8-12(3)10-13/h1,8-10H,5-7H2,2-3H3,(H,15,16). The highest BCUT2D eigenvalue weighted by molar-refractivity contribution is 5.94. The first kappa shape index (κ1) is 12.3. The van der Waals surface area contributed by atoms with E-state index in [1.54, 1.807) is 0 Å². The van der Waals surface area contributed by atoms with Crippen LogP contribution in [0.3, 0.4) is 0 Å². The summed E-state index contributed by atoms with van der Waals surface area (Å²) in [5.74, 6) is 2.52. The molecule has 0 aliphatic carbocycles. The van der Waals surface area contributed by atoms with Gasteiger partial charge in [0.1, 0.15) is 0 Å². The van der Waals surface area contributed by atoms with Crippen LogP contribution in [-0.4, -0.2) is 12.5 Å². The van der Waals surface area contributed by atoms with Crippen molar-refractivity contribution < 1.29 is 4.79 Å². The number of benzene rings is 1. The van der Waals surface area contributed by atoms with Crippen LogP contribution in [0.15, 0.2) is 18.2 Å².